The van der Waals surface area contributed by atoms with E-state index in [0.29, 0.717) is 12.2 Å². The van der Waals surface area contributed by atoms with Crippen molar-refractivity contribution in [1.29, 1.82) is 0 Å². The van der Waals surface area contributed by atoms with E-state index >= 15 is 0 Å². The summed E-state index contributed by atoms with van der Waals surface area (Å²) in [6.45, 7) is 6.10. The molecule has 20 heavy (non-hydrogen) atoms. The van der Waals surface area contributed by atoms with Crippen LogP contribution in [0.4, 0.5) is 0 Å². The van der Waals surface area contributed by atoms with Crippen LogP contribution < -0.4 is 0 Å². The summed E-state index contributed by atoms with van der Waals surface area (Å²) in [4.78, 5) is 15.2. The van der Waals surface area contributed by atoms with Gasteiger partial charge in [-0.15, -0.1) is 0 Å². The van der Waals surface area contributed by atoms with Crippen LogP contribution in [0, 0.1) is 0 Å². The summed E-state index contributed by atoms with van der Waals surface area (Å²) in [5.74, 6) is 0.544. The molecule has 110 valence electrons. The number of phenolic OH excluding ortho intramolecular Hbond substituents is 1. The minimum Gasteiger partial charge on any atom is -0.508 e. The predicted octanol–water partition coefficient (Wildman–Crippen LogP) is 3.16. The van der Waals surface area contributed by atoms with Crippen LogP contribution in [0.2, 0.25) is 0 Å². The Bertz CT molecular complexity index is 460. The third kappa shape index (κ3) is 2.88. The molecule has 0 saturated heterocycles. The number of carbonyl (C=O) groups is 1. The number of aromatic hydroxyl groups is 1. The molecule has 0 unspecified atom stereocenters. The Morgan fingerprint density at radius 3 is 2.45 bits per heavy atom. The second-order valence-corrected chi connectivity index (χ2v) is 5.68. The Labute approximate surface area is 121 Å². The molecule has 0 aliphatic heterocycles. The molecule has 1 aliphatic rings. The molecule has 0 atom stereocenters. The molecule has 2 rings (SSSR count). The van der Waals surface area contributed by atoms with Gasteiger partial charge in [-0.05, 0) is 43.6 Å². The van der Waals surface area contributed by atoms with E-state index in [9.17, 15) is 9.90 Å². The summed E-state index contributed by atoms with van der Waals surface area (Å²) in [5.41, 5.74) is 0.642. The van der Waals surface area contributed by atoms with Gasteiger partial charge < -0.3 is 5.11 Å². The molecule has 0 bridgehead atoms. The fourth-order valence-corrected chi connectivity index (χ4v) is 3.58. The fraction of sp³-hybridized carbons (Fsp3) is 0.588. The van der Waals surface area contributed by atoms with Crippen LogP contribution in [-0.4, -0.2) is 34.4 Å². The summed E-state index contributed by atoms with van der Waals surface area (Å²) in [5, 5.41) is 9.54. The number of rotatable bonds is 6. The van der Waals surface area contributed by atoms with Crippen molar-refractivity contribution < 1.29 is 9.90 Å². The number of benzene rings is 1. The molecule has 1 N–H and O–H groups in total. The fourth-order valence-electron chi connectivity index (χ4n) is 3.58. The lowest BCUT2D eigenvalue weighted by molar-refractivity contribution is -0.130. The van der Waals surface area contributed by atoms with E-state index in [4.69, 9.17) is 0 Å². The summed E-state index contributed by atoms with van der Waals surface area (Å²) in [6, 6.07) is 7.06. The van der Waals surface area contributed by atoms with Crippen molar-refractivity contribution in [2.75, 3.05) is 13.1 Å². The molecular weight excluding hydrogens is 250 g/mol. The lowest BCUT2D eigenvalue weighted by atomic mass is 9.86. The minimum atomic E-state index is -0.269. The molecule has 0 aromatic heterocycles. The standard InChI is InChI=1S/C17H25NO2/c1-3-18(4-2)17(10-5-6-11-17)16(20)13-14-8-7-9-15(19)12-14/h7-9,12,19H,3-6,10-11,13H2,1-2H3. The summed E-state index contributed by atoms with van der Waals surface area (Å²) in [6.07, 6.45) is 4.66. The molecule has 1 aromatic rings. The number of carbonyl (C=O) groups excluding carboxylic acids is 1. The van der Waals surface area contributed by atoms with Crippen LogP contribution in [0.5, 0.6) is 5.75 Å². The molecule has 0 radical (unpaired) electrons. The van der Waals surface area contributed by atoms with Gasteiger partial charge in [-0.1, -0.05) is 38.8 Å². The van der Waals surface area contributed by atoms with Gasteiger partial charge in [0.05, 0.1) is 5.54 Å². The topological polar surface area (TPSA) is 40.5 Å². The molecule has 0 spiro atoms. The first-order valence-corrected chi connectivity index (χ1v) is 7.68. The van der Waals surface area contributed by atoms with Crippen molar-refractivity contribution in [1.82, 2.24) is 4.90 Å². The highest BCUT2D eigenvalue weighted by Crippen LogP contribution is 2.37. The Morgan fingerprint density at radius 1 is 1.25 bits per heavy atom. The van der Waals surface area contributed by atoms with Crippen molar-refractivity contribution in [3.05, 3.63) is 29.8 Å². The molecule has 3 heteroatoms. The van der Waals surface area contributed by atoms with Crippen LogP contribution >= 0.6 is 0 Å². The van der Waals surface area contributed by atoms with Crippen molar-refractivity contribution >= 4 is 5.78 Å². The second kappa shape index (κ2) is 6.40. The third-order valence-electron chi connectivity index (χ3n) is 4.59. The molecular formula is C17H25NO2. The van der Waals surface area contributed by atoms with E-state index in [-0.39, 0.29) is 11.3 Å². The average molecular weight is 275 g/mol. The zero-order valence-corrected chi connectivity index (χ0v) is 12.6. The maximum atomic E-state index is 12.9. The van der Waals surface area contributed by atoms with Crippen molar-refractivity contribution in [2.45, 2.75) is 51.5 Å². The molecule has 1 saturated carbocycles. The van der Waals surface area contributed by atoms with Gasteiger partial charge in [-0.25, -0.2) is 0 Å². The Kier molecular flexibility index (Phi) is 4.81. The van der Waals surface area contributed by atoms with Crippen molar-refractivity contribution in [3.63, 3.8) is 0 Å². The van der Waals surface area contributed by atoms with Crippen LogP contribution in [0.25, 0.3) is 0 Å². The smallest absolute Gasteiger partial charge is 0.157 e. The van der Waals surface area contributed by atoms with Gasteiger partial charge >= 0.3 is 0 Å². The number of nitrogens with zero attached hydrogens (tertiary/aromatic N) is 1. The van der Waals surface area contributed by atoms with Crippen LogP contribution in [0.1, 0.15) is 45.1 Å². The number of ketones is 1. The maximum absolute atomic E-state index is 12.9. The maximum Gasteiger partial charge on any atom is 0.157 e. The first kappa shape index (κ1) is 15.0. The van der Waals surface area contributed by atoms with E-state index in [1.54, 1.807) is 18.2 Å². The molecule has 1 aromatic carbocycles. The Morgan fingerprint density at radius 2 is 1.90 bits per heavy atom. The zero-order chi connectivity index (χ0) is 14.6. The second-order valence-electron chi connectivity index (χ2n) is 5.68. The van der Waals surface area contributed by atoms with Gasteiger partial charge in [-0.2, -0.15) is 0 Å². The number of likely N-dealkylation sites (N-methyl/N-ethyl adjacent to an activating group) is 1. The lowest BCUT2D eigenvalue weighted by Crippen LogP contribution is -2.53. The first-order chi connectivity index (χ1) is 9.62. The number of Topliss-reactive ketones (excluding diaryl/α,β-unsaturated/α-hetero) is 1. The number of phenols is 1. The van der Waals surface area contributed by atoms with Gasteiger partial charge in [0.25, 0.3) is 0 Å². The summed E-state index contributed by atoms with van der Waals surface area (Å²) >= 11 is 0. The SMILES string of the molecule is CCN(CC)C1(C(=O)Cc2cccc(O)c2)CCCC1. The van der Waals surface area contributed by atoms with E-state index < -0.39 is 0 Å². The number of hydrogen-bond donors (Lipinski definition) is 1. The third-order valence-corrected chi connectivity index (χ3v) is 4.59. The average Bonchev–Trinajstić information content (AvgIpc) is 2.91. The lowest BCUT2D eigenvalue weighted by Gasteiger charge is -2.39. The highest BCUT2D eigenvalue weighted by molar-refractivity contribution is 5.90. The zero-order valence-electron chi connectivity index (χ0n) is 12.6. The van der Waals surface area contributed by atoms with Crippen molar-refractivity contribution in [2.24, 2.45) is 0 Å². The van der Waals surface area contributed by atoms with Crippen LogP contribution in [0.15, 0.2) is 24.3 Å². The van der Waals surface area contributed by atoms with Gasteiger partial charge in [-0.3, -0.25) is 9.69 Å². The van der Waals surface area contributed by atoms with Crippen LogP contribution in [0.3, 0.4) is 0 Å². The minimum absolute atomic E-state index is 0.235. The van der Waals surface area contributed by atoms with Crippen LogP contribution in [-0.2, 0) is 11.2 Å². The highest BCUT2D eigenvalue weighted by atomic mass is 16.3. The van der Waals surface area contributed by atoms with Gasteiger partial charge in [0.1, 0.15) is 5.75 Å². The first-order valence-electron chi connectivity index (χ1n) is 7.68. The Hall–Kier alpha value is -1.35. The highest BCUT2D eigenvalue weighted by Gasteiger charge is 2.44. The molecule has 0 amide bonds. The van der Waals surface area contributed by atoms with Gasteiger partial charge in [0.15, 0.2) is 5.78 Å². The quantitative estimate of drug-likeness (QED) is 0.867. The monoisotopic (exact) mass is 275 g/mol. The van der Waals surface area contributed by atoms with E-state index in [2.05, 4.69) is 18.7 Å². The van der Waals surface area contributed by atoms with Gasteiger partial charge in [0, 0.05) is 6.42 Å². The summed E-state index contributed by atoms with van der Waals surface area (Å²) < 4.78 is 0. The molecule has 1 aliphatic carbocycles. The molecule has 1 fully saturated rings. The van der Waals surface area contributed by atoms with E-state index in [1.165, 1.54) is 0 Å². The molecule has 3 nitrogen and oxygen atoms in total. The van der Waals surface area contributed by atoms with E-state index in [0.717, 1.165) is 44.3 Å². The predicted molar refractivity (Wildman–Crippen MR) is 80.9 cm³/mol. The molecule has 0 heterocycles. The Balaban J connectivity index is 2.19. The largest absolute Gasteiger partial charge is 0.508 e. The number of hydrogen-bond acceptors (Lipinski definition) is 3. The van der Waals surface area contributed by atoms with Crippen molar-refractivity contribution in [3.8, 4) is 5.75 Å². The summed E-state index contributed by atoms with van der Waals surface area (Å²) in [7, 11) is 0. The van der Waals surface area contributed by atoms with E-state index in [1.807, 2.05) is 6.07 Å². The normalized spacial score (nSPS) is 17.6. The van der Waals surface area contributed by atoms with Gasteiger partial charge in [0.2, 0.25) is 0 Å².